The SMILES string of the molecule is Cc1cc(-c2ccccc2)nc(S[C@H](C)c2nc(-c3ccccc3)no2)n1. The summed E-state index contributed by atoms with van der Waals surface area (Å²) in [6.07, 6.45) is 0. The molecule has 0 aliphatic carbocycles. The molecular formula is C21H18N4OS. The molecule has 1 atom stereocenters. The minimum atomic E-state index is -0.0552. The minimum Gasteiger partial charge on any atom is -0.338 e. The first-order valence-electron chi connectivity index (χ1n) is 8.66. The molecule has 27 heavy (non-hydrogen) atoms. The van der Waals surface area contributed by atoms with Gasteiger partial charge in [0.1, 0.15) is 0 Å². The van der Waals surface area contributed by atoms with Gasteiger partial charge in [-0.25, -0.2) is 9.97 Å². The van der Waals surface area contributed by atoms with Crippen molar-refractivity contribution < 1.29 is 4.52 Å². The van der Waals surface area contributed by atoms with E-state index in [1.807, 2.05) is 80.6 Å². The Balaban J connectivity index is 1.56. The second-order valence-electron chi connectivity index (χ2n) is 6.13. The van der Waals surface area contributed by atoms with Gasteiger partial charge in [0, 0.05) is 16.8 Å². The highest BCUT2D eigenvalue weighted by atomic mass is 32.2. The van der Waals surface area contributed by atoms with Gasteiger partial charge in [-0.15, -0.1) is 0 Å². The third-order valence-corrected chi connectivity index (χ3v) is 4.96. The summed E-state index contributed by atoms with van der Waals surface area (Å²) in [5.74, 6) is 1.15. The fraction of sp³-hybridized carbons (Fsp3) is 0.143. The summed E-state index contributed by atoms with van der Waals surface area (Å²) < 4.78 is 5.46. The number of nitrogens with zero attached hydrogens (tertiary/aromatic N) is 4. The van der Waals surface area contributed by atoms with E-state index >= 15 is 0 Å². The highest BCUT2D eigenvalue weighted by molar-refractivity contribution is 7.99. The molecule has 0 aliphatic rings. The van der Waals surface area contributed by atoms with Crippen molar-refractivity contribution in [1.29, 1.82) is 0 Å². The summed E-state index contributed by atoms with van der Waals surface area (Å²) in [6.45, 7) is 3.99. The van der Waals surface area contributed by atoms with Crippen molar-refractivity contribution in [3.63, 3.8) is 0 Å². The van der Waals surface area contributed by atoms with E-state index in [0.717, 1.165) is 22.5 Å². The molecule has 0 radical (unpaired) electrons. The van der Waals surface area contributed by atoms with Crippen LogP contribution in [0.1, 0.15) is 23.8 Å². The van der Waals surface area contributed by atoms with Crippen molar-refractivity contribution in [2.24, 2.45) is 0 Å². The maximum Gasteiger partial charge on any atom is 0.240 e. The zero-order valence-corrected chi connectivity index (χ0v) is 15.9. The number of thioether (sulfide) groups is 1. The van der Waals surface area contributed by atoms with Crippen LogP contribution >= 0.6 is 11.8 Å². The Labute approximate surface area is 161 Å². The molecule has 4 rings (SSSR count). The molecule has 0 unspecified atom stereocenters. The lowest BCUT2D eigenvalue weighted by molar-refractivity contribution is 0.380. The number of rotatable bonds is 5. The fourth-order valence-electron chi connectivity index (χ4n) is 2.66. The van der Waals surface area contributed by atoms with Crippen LogP contribution in [-0.2, 0) is 0 Å². The third-order valence-electron chi connectivity index (χ3n) is 4.01. The van der Waals surface area contributed by atoms with Crippen LogP contribution in [0.4, 0.5) is 0 Å². The molecule has 2 aromatic heterocycles. The highest BCUT2D eigenvalue weighted by Gasteiger charge is 2.18. The maximum atomic E-state index is 5.46. The fourth-order valence-corrected chi connectivity index (χ4v) is 3.52. The van der Waals surface area contributed by atoms with Gasteiger partial charge in [-0.1, -0.05) is 77.6 Å². The van der Waals surface area contributed by atoms with E-state index in [-0.39, 0.29) is 5.25 Å². The van der Waals surface area contributed by atoms with Crippen molar-refractivity contribution in [2.45, 2.75) is 24.3 Å². The van der Waals surface area contributed by atoms with E-state index in [1.54, 1.807) is 0 Å². The van der Waals surface area contributed by atoms with Crippen LogP contribution < -0.4 is 0 Å². The van der Waals surface area contributed by atoms with Gasteiger partial charge in [0.15, 0.2) is 5.16 Å². The van der Waals surface area contributed by atoms with Crippen LogP contribution in [0.15, 0.2) is 76.4 Å². The number of benzene rings is 2. The Morgan fingerprint density at radius 3 is 2.22 bits per heavy atom. The van der Waals surface area contributed by atoms with Gasteiger partial charge in [-0.3, -0.25) is 0 Å². The quantitative estimate of drug-likeness (QED) is 0.346. The highest BCUT2D eigenvalue weighted by Crippen LogP contribution is 2.33. The van der Waals surface area contributed by atoms with Crippen LogP contribution in [0.3, 0.4) is 0 Å². The van der Waals surface area contributed by atoms with Gasteiger partial charge < -0.3 is 4.52 Å². The van der Waals surface area contributed by atoms with Crippen molar-refractivity contribution in [3.05, 3.63) is 78.3 Å². The topological polar surface area (TPSA) is 64.7 Å². The predicted octanol–water partition coefficient (Wildman–Crippen LogP) is 5.36. The molecule has 0 bridgehead atoms. The Kier molecular flexibility index (Phi) is 4.98. The lowest BCUT2D eigenvalue weighted by atomic mass is 10.1. The van der Waals surface area contributed by atoms with Gasteiger partial charge in [0.2, 0.25) is 11.7 Å². The molecule has 0 saturated carbocycles. The smallest absolute Gasteiger partial charge is 0.240 e. The average molecular weight is 374 g/mol. The maximum absolute atomic E-state index is 5.46. The summed E-state index contributed by atoms with van der Waals surface area (Å²) in [7, 11) is 0. The first-order valence-corrected chi connectivity index (χ1v) is 9.54. The first kappa shape index (κ1) is 17.4. The molecule has 6 heteroatoms. The average Bonchev–Trinajstić information content (AvgIpc) is 3.19. The summed E-state index contributed by atoms with van der Waals surface area (Å²) >= 11 is 1.51. The zero-order valence-electron chi connectivity index (χ0n) is 15.0. The van der Waals surface area contributed by atoms with Crippen molar-refractivity contribution >= 4 is 11.8 Å². The Hall–Kier alpha value is -2.99. The van der Waals surface area contributed by atoms with Crippen molar-refractivity contribution in [3.8, 4) is 22.6 Å². The van der Waals surface area contributed by atoms with E-state index < -0.39 is 0 Å². The number of aryl methyl sites for hydroxylation is 1. The van der Waals surface area contributed by atoms with Gasteiger partial charge in [-0.05, 0) is 19.9 Å². The molecule has 0 aliphatic heterocycles. The largest absolute Gasteiger partial charge is 0.338 e. The lowest BCUT2D eigenvalue weighted by Gasteiger charge is -2.08. The van der Waals surface area contributed by atoms with Crippen LogP contribution in [0.5, 0.6) is 0 Å². The normalized spacial score (nSPS) is 12.1. The second-order valence-corrected chi connectivity index (χ2v) is 7.43. The second kappa shape index (κ2) is 7.72. The molecule has 0 spiro atoms. The van der Waals surface area contributed by atoms with Crippen LogP contribution in [-0.4, -0.2) is 20.1 Å². The van der Waals surface area contributed by atoms with E-state index in [9.17, 15) is 0 Å². The Morgan fingerprint density at radius 2 is 1.52 bits per heavy atom. The van der Waals surface area contributed by atoms with Gasteiger partial charge >= 0.3 is 0 Å². The monoisotopic (exact) mass is 374 g/mol. The number of aromatic nitrogens is 4. The van der Waals surface area contributed by atoms with Crippen molar-refractivity contribution in [1.82, 2.24) is 20.1 Å². The van der Waals surface area contributed by atoms with E-state index in [2.05, 4.69) is 15.1 Å². The standard InChI is InChI=1S/C21H18N4OS/c1-14-13-18(16-9-5-3-6-10-16)23-21(22-14)27-15(2)20-24-19(25-26-20)17-11-7-4-8-12-17/h3-13,15H,1-2H3/t15-/m1/s1. The molecule has 2 heterocycles. The molecule has 4 aromatic rings. The Morgan fingerprint density at radius 1 is 0.852 bits per heavy atom. The lowest BCUT2D eigenvalue weighted by Crippen LogP contribution is -1.96. The number of hydrogen-bond donors (Lipinski definition) is 0. The van der Waals surface area contributed by atoms with Crippen LogP contribution in [0, 0.1) is 6.92 Å². The Bertz CT molecular complexity index is 1030. The van der Waals surface area contributed by atoms with Gasteiger partial charge in [-0.2, -0.15) is 4.98 Å². The predicted molar refractivity (Wildman–Crippen MR) is 106 cm³/mol. The summed E-state index contributed by atoms with van der Waals surface area (Å²) in [6, 6.07) is 21.9. The van der Waals surface area contributed by atoms with Gasteiger partial charge in [0.25, 0.3) is 0 Å². The molecule has 2 aromatic carbocycles. The molecule has 5 nitrogen and oxygen atoms in total. The van der Waals surface area contributed by atoms with E-state index in [1.165, 1.54) is 11.8 Å². The molecule has 0 N–H and O–H groups in total. The van der Waals surface area contributed by atoms with Gasteiger partial charge in [0.05, 0.1) is 10.9 Å². The molecule has 0 saturated heterocycles. The summed E-state index contributed by atoms with van der Waals surface area (Å²) in [5, 5.41) is 4.73. The third kappa shape index (κ3) is 4.06. The summed E-state index contributed by atoms with van der Waals surface area (Å²) in [4.78, 5) is 13.8. The number of hydrogen-bond acceptors (Lipinski definition) is 6. The van der Waals surface area contributed by atoms with E-state index in [4.69, 9.17) is 9.51 Å². The minimum absolute atomic E-state index is 0.0552. The zero-order chi connectivity index (χ0) is 18.6. The van der Waals surface area contributed by atoms with E-state index in [0.29, 0.717) is 16.9 Å². The van der Waals surface area contributed by atoms with Crippen LogP contribution in [0.2, 0.25) is 0 Å². The molecule has 0 fully saturated rings. The first-order chi connectivity index (χ1) is 13.2. The molecule has 134 valence electrons. The van der Waals surface area contributed by atoms with Crippen molar-refractivity contribution in [2.75, 3.05) is 0 Å². The molecular weight excluding hydrogens is 356 g/mol. The molecule has 0 amide bonds. The van der Waals surface area contributed by atoms with Crippen LogP contribution in [0.25, 0.3) is 22.6 Å². The summed E-state index contributed by atoms with van der Waals surface area (Å²) in [5.41, 5.74) is 3.84.